The molecule has 0 fully saturated rings. The molecule has 0 heterocycles. The van der Waals surface area contributed by atoms with E-state index in [2.05, 4.69) is 10.1 Å². The number of carbonyl (C=O) groups is 5. The van der Waals surface area contributed by atoms with Crippen LogP contribution in [0.3, 0.4) is 0 Å². The summed E-state index contributed by atoms with van der Waals surface area (Å²) in [7, 11) is 2.39. The van der Waals surface area contributed by atoms with Crippen LogP contribution in [0.4, 0.5) is 0 Å². The van der Waals surface area contributed by atoms with Gasteiger partial charge in [-0.05, 0) is 0 Å². The number of aliphatic carboxylic acids is 1. The van der Waals surface area contributed by atoms with E-state index in [4.69, 9.17) is 48.1 Å². The van der Waals surface area contributed by atoms with Crippen LogP contribution in [0.15, 0.2) is 0 Å². The van der Waals surface area contributed by atoms with Gasteiger partial charge in [-0.25, -0.2) is 0 Å². The maximum absolute atomic E-state index is 12.3. The number of carboxylic acid groups (broad SMARTS) is 1. The zero-order valence-electron chi connectivity index (χ0n) is 27.3. The first-order valence-corrected chi connectivity index (χ1v) is 14.9. The maximum Gasteiger partial charge on any atom is 0.325 e. The van der Waals surface area contributed by atoms with Gasteiger partial charge in [-0.1, -0.05) is 6.92 Å². The van der Waals surface area contributed by atoms with Crippen molar-refractivity contribution in [3.05, 3.63) is 0 Å². The number of carboxylic acids is 1. The molecule has 20 heteroatoms. The minimum atomic E-state index is -1.40. The number of hydrogen-bond donors (Lipinski definition) is 6. The molecule has 1 amide bonds. The molecule has 0 radical (unpaired) electrons. The maximum atomic E-state index is 12.3. The SMILES string of the molecule is COC(=O)CNC(=O)CCC(=O)OCC(OCC(CO)OC(CO)OCC(C)CO)OC(CO)COC(COC(=O)CCC(=O)O)OC. The number of aliphatic hydroxyl groups is 4. The highest BCUT2D eigenvalue weighted by Crippen LogP contribution is 2.10. The normalized spacial score (nSPS) is 15.0. The van der Waals surface area contributed by atoms with Crippen molar-refractivity contribution in [1.29, 1.82) is 0 Å². The highest BCUT2D eigenvalue weighted by Gasteiger charge is 2.25. The Bertz CT molecular complexity index is 921. The van der Waals surface area contributed by atoms with E-state index in [0.29, 0.717) is 0 Å². The fraction of sp³-hybridized carbons (Fsp3) is 0.821. The molecule has 280 valence electrons. The van der Waals surface area contributed by atoms with Crippen LogP contribution in [0.2, 0.25) is 0 Å². The van der Waals surface area contributed by atoms with Crippen LogP contribution in [0.1, 0.15) is 32.6 Å². The van der Waals surface area contributed by atoms with E-state index in [1.54, 1.807) is 6.92 Å². The lowest BCUT2D eigenvalue weighted by Crippen LogP contribution is -2.39. The third-order valence-corrected chi connectivity index (χ3v) is 5.84. The molecule has 0 spiro atoms. The van der Waals surface area contributed by atoms with E-state index in [-0.39, 0.29) is 51.5 Å². The van der Waals surface area contributed by atoms with Crippen molar-refractivity contribution in [2.45, 2.75) is 63.7 Å². The first-order chi connectivity index (χ1) is 22.9. The number of ether oxygens (including phenoxy) is 9. The molecule has 6 atom stereocenters. The topological polar surface area (TPSA) is 282 Å². The Morgan fingerprint density at radius 2 is 1.12 bits per heavy atom. The second-order valence-corrected chi connectivity index (χ2v) is 9.99. The Balaban J connectivity index is 5.30. The number of methoxy groups -OCH3 is 2. The number of rotatable bonds is 30. The van der Waals surface area contributed by atoms with Crippen molar-refractivity contribution >= 4 is 29.8 Å². The average molecular weight is 704 g/mol. The molecular formula is C28H49NO19. The summed E-state index contributed by atoms with van der Waals surface area (Å²) in [4.78, 5) is 57.6. The monoisotopic (exact) mass is 703 g/mol. The van der Waals surface area contributed by atoms with E-state index in [0.717, 1.165) is 7.11 Å². The Hall–Kier alpha value is -3.05. The van der Waals surface area contributed by atoms with Crippen molar-refractivity contribution in [1.82, 2.24) is 5.32 Å². The molecule has 48 heavy (non-hydrogen) atoms. The van der Waals surface area contributed by atoms with E-state index < -0.39 is 107 Å². The Morgan fingerprint density at radius 3 is 1.62 bits per heavy atom. The summed E-state index contributed by atoms with van der Waals surface area (Å²) in [5, 5.41) is 49.3. The van der Waals surface area contributed by atoms with Crippen LogP contribution < -0.4 is 5.32 Å². The van der Waals surface area contributed by atoms with E-state index >= 15 is 0 Å². The van der Waals surface area contributed by atoms with E-state index in [9.17, 15) is 39.3 Å². The van der Waals surface area contributed by atoms with E-state index in [1.165, 1.54) is 7.11 Å². The van der Waals surface area contributed by atoms with Gasteiger partial charge < -0.3 is 73.5 Å². The lowest BCUT2D eigenvalue weighted by Gasteiger charge is -2.28. The van der Waals surface area contributed by atoms with Gasteiger partial charge in [0.25, 0.3) is 0 Å². The Labute approximate surface area is 277 Å². The molecule has 0 aromatic rings. The van der Waals surface area contributed by atoms with Crippen LogP contribution in [-0.2, 0) is 66.6 Å². The Kier molecular flexibility index (Phi) is 26.1. The first kappa shape index (κ1) is 45.0. The molecule has 0 saturated carbocycles. The molecule has 0 rings (SSSR count). The number of amides is 1. The fourth-order valence-corrected chi connectivity index (χ4v) is 3.12. The molecule has 0 aliphatic heterocycles. The van der Waals surface area contributed by atoms with Crippen molar-refractivity contribution in [2.75, 3.05) is 80.2 Å². The summed E-state index contributed by atoms with van der Waals surface area (Å²) in [5.41, 5.74) is 0. The van der Waals surface area contributed by atoms with Crippen molar-refractivity contribution in [3.8, 4) is 0 Å². The lowest BCUT2D eigenvalue weighted by molar-refractivity contribution is -0.251. The largest absolute Gasteiger partial charge is 0.481 e. The van der Waals surface area contributed by atoms with Gasteiger partial charge in [0.15, 0.2) is 18.9 Å². The second-order valence-electron chi connectivity index (χ2n) is 9.99. The predicted octanol–water partition coefficient (Wildman–Crippen LogP) is -2.94. The summed E-state index contributed by atoms with van der Waals surface area (Å²) >= 11 is 0. The highest BCUT2D eigenvalue weighted by molar-refractivity contribution is 5.84. The van der Waals surface area contributed by atoms with E-state index in [1.807, 2.05) is 0 Å². The molecule has 0 bridgehead atoms. The van der Waals surface area contributed by atoms with Crippen molar-refractivity contribution in [2.24, 2.45) is 5.92 Å². The summed E-state index contributed by atoms with van der Waals surface area (Å²) in [6, 6.07) is 0. The van der Waals surface area contributed by atoms with Crippen LogP contribution in [-0.4, -0.2) is 167 Å². The molecule has 0 aliphatic rings. The summed E-state index contributed by atoms with van der Waals surface area (Å²) in [6.07, 6.45) is -7.41. The molecular weight excluding hydrogens is 654 g/mol. The smallest absolute Gasteiger partial charge is 0.325 e. The molecule has 6 unspecified atom stereocenters. The summed E-state index contributed by atoms with van der Waals surface area (Å²) < 4.78 is 47.2. The summed E-state index contributed by atoms with van der Waals surface area (Å²) in [5.74, 6) is -4.37. The van der Waals surface area contributed by atoms with Gasteiger partial charge in [-0.3, -0.25) is 24.0 Å². The quantitative estimate of drug-likeness (QED) is 0.0248. The predicted molar refractivity (Wildman–Crippen MR) is 157 cm³/mol. The van der Waals surface area contributed by atoms with Crippen LogP contribution in [0, 0.1) is 5.92 Å². The third kappa shape index (κ3) is 23.3. The third-order valence-electron chi connectivity index (χ3n) is 5.84. The average Bonchev–Trinajstić information content (AvgIpc) is 3.09. The zero-order valence-corrected chi connectivity index (χ0v) is 27.3. The van der Waals surface area contributed by atoms with Crippen molar-refractivity contribution in [3.63, 3.8) is 0 Å². The zero-order chi connectivity index (χ0) is 36.3. The molecule has 0 saturated heterocycles. The minimum absolute atomic E-state index is 0.0469. The van der Waals surface area contributed by atoms with Crippen LogP contribution in [0.25, 0.3) is 0 Å². The number of carbonyl (C=O) groups excluding carboxylic acids is 4. The highest BCUT2D eigenvalue weighted by atomic mass is 16.7. The van der Waals surface area contributed by atoms with Crippen LogP contribution in [0.5, 0.6) is 0 Å². The van der Waals surface area contributed by atoms with Gasteiger partial charge in [-0.2, -0.15) is 0 Å². The molecule has 20 nitrogen and oxygen atoms in total. The number of hydrogen-bond acceptors (Lipinski definition) is 18. The summed E-state index contributed by atoms with van der Waals surface area (Å²) in [6.45, 7) is -2.36. The number of nitrogens with one attached hydrogen (secondary N) is 1. The van der Waals surface area contributed by atoms with Gasteiger partial charge in [0.2, 0.25) is 5.91 Å². The van der Waals surface area contributed by atoms with Gasteiger partial charge in [0.1, 0.15) is 32.0 Å². The standard InChI is InChI=1S/C28H49NO19/c1-18(9-30)13-44-26(12-33)47-19(10-31)15-46-28(17-43-23(37)6-4-21(34)29-8-25(39)40-2)48-20(11-32)14-45-27(41-3)16-42-24(38)7-5-22(35)36/h18-20,26-28,30-33H,4-17H2,1-3H3,(H,29,34)(H,35,36). The molecule has 0 aromatic heterocycles. The molecule has 6 N–H and O–H groups in total. The fourth-order valence-electron chi connectivity index (χ4n) is 3.12. The number of esters is 3. The van der Waals surface area contributed by atoms with Gasteiger partial charge in [-0.15, -0.1) is 0 Å². The van der Waals surface area contributed by atoms with Gasteiger partial charge >= 0.3 is 23.9 Å². The van der Waals surface area contributed by atoms with Gasteiger partial charge in [0, 0.05) is 26.1 Å². The molecule has 0 aromatic carbocycles. The lowest BCUT2D eigenvalue weighted by atomic mass is 10.2. The second kappa shape index (κ2) is 27.9. The first-order valence-electron chi connectivity index (χ1n) is 14.9. The number of aliphatic hydroxyl groups excluding tert-OH is 4. The Morgan fingerprint density at radius 1 is 0.604 bits per heavy atom. The molecule has 0 aliphatic carbocycles. The van der Waals surface area contributed by atoms with Crippen LogP contribution >= 0.6 is 0 Å². The minimum Gasteiger partial charge on any atom is -0.481 e. The van der Waals surface area contributed by atoms with Crippen molar-refractivity contribution < 1.29 is 92.1 Å². The van der Waals surface area contributed by atoms with Gasteiger partial charge in [0.05, 0.1) is 66.0 Å².